The highest BCUT2D eigenvalue weighted by Gasteiger charge is 2.51. The molecule has 0 radical (unpaired) electrons. The number of esters is 1. The number of aliphatic carboxylic acids is 1. The van der Waals surface area contributed by atoms with Crippen molar-refractivity contribution in [3.63, 3.8) is 0 Å². The Labute approximate surface area is 359 Å². The molecule has 1 saturated heterocycles. The molecule has 6 rings (SSSR count). The number of fused-ring (bicyclic) bond motifs is 1. The van der Waals surface area contributed by atoms with Gasteiger partial charge in [-0.25, -0.2) is 9.37 Å². The number of ether oxygens (including phenoxy) is 5. The monoisotopic (exact) mass is 858 g/mol. The Bertz CT molecular complexity index is 2250. The van der Waals surface area contributed by atoms with Crippen LogP contribution in [0.2, 0.25) is 0 Å². The molecule has 1 aliphatic heterocycles. The number of alkyl halides is 1. The van der Waals surface area contributed by atoms with Crippen molar-refractivity contribution in [1.29, 1.82) is 0 Å². The standard InChI is InChI=1S/C39H40FN5O10.C6H15N/c1-22(2)35(49)43-38-42-34-32(36(50)44-38)41-21-45(34)37-31(40)33(55-30(48)19-18-29(46)47)28(54-37)20-53-39(23-8-6-5-7-9-23,24-10-14-26(51-3)15-11-24)25-12-16-27(52-4)17-13-25;1-4-7(5-2)6-3/h5-17,21-22,28,31,33,37H,18-20H2,1-4H3,(H,46,47)(H2,42,43,44,49,50);4-6H2,1-3H3/t28-,31+,33-,37-;/m1./s1. The van der Waals surface area contributed by atoms with Crippen LogP contribution < -0.4 is 20.3 Å². The number of nitrogens with one attached hydrogen (secondary N) is 2. The maximum absolute atomic E-state index is 16.8. The molecule has 3 aromatic carbocycles. The number of halogens is 1. The third-order valence-electron chi connectivity index (χ3n) is 10.5. The van der Waals surface area contributed by atoms with Gasteiger partial charge in [0.15, 0.2) is 29.7 Å². The zero-order valence-electron chi connectivity index (χ0n) is 36.0. The fourth-order valence-corrected chi connectivity index (χ4v) is 7.00. The molecule has 16 nitrogen and oxygen atoms in total. The lowest BCUT2D eigenvalue weighted by Crippen LogP contribution is -2.41. The number of anilines is 1. The molecule has 4 atom stereocenters. The number of nitrogens with zero attached hydrogens (tertiary/aromatic N) is 4. The molecular formula is C45H55FN6O10. The van der Waals surface area contributed by atoms with E-state index < -0.39 is 72.4 Å². The molecule has 1 aliphatic rings. The number of benzene rings is 3. The van der Waals surface area contributed by atoms with Gasteiger partial charge in [0, 0.05) is 5.92 Å². The summed E-state index contributed by atoms with van der Waals surface area (Å²) >= 11 is 0. The largest absolute Gasteiger partial charge is 0.497 e. The van der Waals surface area contributed by atoms with E-state index in [1.54, 1.807) is 52.3 Å². The number of aromatic nitrogens is 4. The predicted octanol–water partition coefficient (Wildman–Crippen LogP) is 6.10. The van der Waals surface area contributed by atoms with E-state index in [0.717, 1.165) is 6.33 Å². The fourth-order valence-electron chi connectivity index (χ4n) is 7.00. The van der Waals surface area contributed by atoms with Gasteiger partial charge in [-0.2, -0.15) is 4.98 Å². The van der Waals surface area contributed by atoms with Crippen molar-refractivity contribution in [3.8, 4) is 11.5 Å². The second-order valence-electron chi connectivity index (χ2n) is 14.7. The Kier molecular flexibility index (Phi) is 16.3. The molecule has 0 unspecified atom stereocenters. The molecule has 2 aromatic heterocycles. The molecule has 1 amide bonds. The highest BCUT2D eigenvalue weighted by molar-refractivity contribution is 5.91. The summed E-state index contributed by atoms with van der Waals surface area (Å²) in [6, 6.07) is 23.8. The summed E-state index contributed by atoms with van der Waals surface area (Å²) in [6.07, 6.45) is -6.42. The molecule has 5 aromatic rings. The minimum atomic E-state index is -2.08. The van der Waals surface area contributed by atoms with Gasteiger partial charge in [-0.15, -0.1) is 0 Å². The fraction of sp³-hybridized carbons (Fsp3) is 0.422. The summed E-state index contributed by atoms with van der Waals surface area (Å²) in [5.41, 5.74) is -0.272. The molecule has 0 spiro atoms. The average molecular weight is 859 g/mol. The number of aromatic amines is 1. The first-order valence-corrected chi connectivity index (χ1v) is 20.5. The van der Waals surface area contributed by atoms with Crippen LogP contribution in [0.25, 0.3) is 11.2 Å². The van der Waals surface area contributed by atoms with Crippen molar-refractivity contribution >= 4 is 35.0 Å². The quantitative estimate of drug-likeness (QED) is 0.0676. The summed E-state index contributed by atoms with van der Waals surface area (Å²) in [5.74, 6) is -2.04. The molecule has 0 aliphatic carbocycles. The number of carbonyl (C=O) groups is 3. The number of hydrogen-bond donors (Lipinski definition) is 3. The van der Waals surface area contributed by atoms with Crippen LogP contribution in [0.1, 0.15) is 70.4 Å². The predicted molar refractivity (Wildman–Crippen MR) is 229 cm³/mol. The van der Waals surface area contributed by atoms with Crippen molar-refractivity contribution in [3.05, 3.63) is 112 Å². The van der Waals surface area contributed by atoms with Crippen molar-refractivity contribution in [2.45, 2.75) is 77.7 Å². The number of carbonyl (C=O) groups excluding carboxylic acids is 2. The van der Waals surface area contributed by atoms with Crippen molar-refractivity contribution in [2.75, 3.05) is 45.8 Å². The number of methoxy groups -OCH3 is 2. The van der Waals surface area contributed by atoms with Crippen molar-refractivity contribution < 1.29 is 47.6 Å². The lowest BCUT2D eigenvalue weighted by Gasteiger charge is -2.37. The van der Waals surface area contributed by atoms with E-state index in [1.807, 2.05) is 54.6 Å². The van der Waals surface area contributed by atoms with Crippen LogP contribution in [0.4, 0.5) is 10.3 Å². The first-order valence-electron chi connectivity index (χ1n) is 20.5. The molecule has 0 bridgehead atoms. The van der Waals surface area contributed by atoms with Crippen LogP contribution in [0.15, 0.2) is 90.0 Å². The van der Waals surface area contributed by atoms with Gasteiger partial charge in [0.2, 0.25) is 11.9 Å². The van der Waals surface area contributed by atoms with Gasteiger partial charge in [-0.3, -0.25) is 34.0 Å². The second kappa shape index (κ2) is 21.6. The van der Waals surface area contributed by atoms with Gasteiger partial charge in [-0.05, 0) is 60.6 Å². The SMILES string of the molecule is CCN(CC)CC.COc1ccc(C(OC[C@H]2O[C@@H](n3cnc4c(=O)[nH]c(NC(=O)C(C)C)nc43)[C@@H](F)[C@@H]2OC(=O)CCC(=O)O)(c2ccccc2)c2ccc(OC)cc2)cc1. The number of hydrogen-bond acceptors (Lipinski definition) is 12. The van der Waals surface area contributed by atoms with E-state index in [-0.39, 0.29) is 23.7 Å². The van der Waals surface area contributed by atoms with Gasteiger partial charge in [0.1, 0.15) is 23.2 Å². The zero-order valence-corrected chi connectivity index (χ0v) is 36.0. The van der Waals surface area contributed by atoms with Gasteiger partial charge in [0.05, 0.1) is 40.0 Å². The van der Waals surface area contributed by atoms with E-state index in [4.69, 9.17) is 23.7 Å². The Hall–Kier alpha value is -6.17. The molecule has 17 heteroatoms. The molecule has 62 heavy (non-hydrogen) atoms. The highest BCUT2D eigenvalue weighted by Crippen LogP contribution is 2.43. The Morgan fingerprint density at radius 1 is 0.903 bits per heavy atom. The number of rotatable bonds is 18. The molecular weight excluding hydrogens is 804 g/mol. The normalized spacial score (nSPS) is 17.4. The minimum absolute atomic E-state index is 0.108. The lowest BCUT2D eigenvalue weighted by atomic mass is 9.80. The molecule has 1 fully saturated rings. The van der Waals surface area contributed by atoms with Gasteiger partial charge < -0.3 is 33.7 Å². The zero-order chi connectivity index (χ0) is 45.0. The van der Waals surface area contributed by atoms with Crippen LogP contribution in [-0.4, -0.2) is 106 Å². The first-order chi connectivity index (χ1) is 29.8. The van der Waals surface area contributed by atoms with Gasteiger partial charge >= 0.3 is 11.9 Å². The number of amides is 1. The average Bonchev–Trinajstić information content (AvgIpc) is 3.84. The Morgan fingerprint density at radius 3 is 1.97 bits per heavy atom. The summed E-state index contributed by atoms with van der Waals surface area (Å²) in [7, 11) is 3.10. The summed E-state index contributed by atoms with van der Waals surface area (Å²) in [5, 5.41) is 11.7. The maximum atomic E-state index is 16.8. The van der Waals surface area contributed by atoms with E-state index in [1.165, 1.54) is 24.2 Å². The Balaban J connectivity index is 0.000000955. The third kappa shape index (κ3) is 10.8. The van der Waals surface area contributed by atoms with Crippen LogP contribution in [0.3, 0.4) is 0 Å². The molecule has 0 saturated carbocycles. The van der Waals surface area contributed by atoms with Gasteiger partial charge in [0.25, 0.3) is 5.56 Å². The maximum Gasteiger partial charge on any atom is 0.306 e. The summed E-state index contributed by atoms with van der Waals surface area (Å²) in [4.78, 5) is 62.8. The molecule has 3 N–H and O–H groups in total. The van der Waals surface area contributed by atoms with E-state index in [0.29, 0.717) is 28.2 Å². The summed E-state index contributed by atoms with van der Waals surface area (Å²) in [6.45, 7) is 13.1. The first kappa shape index (κ1) is 46.9. The topological polar surface area (TPSA) is 196 Å². The van der Waals surface area contributed by atoms with Crippen LogP contribution >= 0.6 is 0 Å². The number of imidazole rings is 1. The van der Waals surface area contributed by atoms with Crippen molar-refractivity contribution in [1.82, 2.24) is 24.4 Å². The Morgan fingerprint density at radius 2 is 1.47 bits per heavy atom. The van der Waals surface area contributed by atoms with E-state index in [9.17, 15) is 24.3 Å². The van der Waals surface area contributed by atoms with Crippen molar-refractivity contribution in [2.24, 2.45) is 5.92 Å². The van der Waals surface area contributed by atoms with E-state index in [2.05, 4.69) is 45.9 Å². The lowest BCUT2D eigenvalue weighted by molar-refractivity contribution is -0.159. The molecule has 3 heterocycles. The van der Waals surface area contributed by atoms with Gasteiger partial charge in [-0.1, -0.05) is 89.2 Å². The number of carboxylic acid groups (broad SMARTS) is 1. The van der Waals surface area contributed by atoms with Crippen LogP contribution in [-0.2, 0) is 34.2 Å². The van der Waals surface area contributed by atoms with Crippen LogP contribution in [0, 0.1) is 5.92 Å². The minimum Gasteiger partial charge on any atom is -0.497 e. The number of carboxylic acids is 1. The molecule has 332 valence electrons. The summed E-state index contributed by atoms with van der Waals surface area (Å²) < 4.78 is 47.6. The smallest absolute Gasteiger partial charge is 0.306 e. The number of H-pyrrole nitrogens is 1. The van der Waals surface area contributed by atoms with E-state index >= 15 is 4.39 Å². The van der Waals surface area contributed by atoms with Crippen LogP contribution in [0.5, 0.6) is 11.5 Å². The third-order valence-corrected chi connectivity index (χ3v) is 10.5. The highest BCUT2D eigenvalue weighted by atomic mass is 19.1. The second-order valence-corrected chi connectivity index (χ2v) is 14.7.